The molecule has 0 saturated carbocycles. The normalized spacial score (nSPS) is 20.2. The van der Waals surface area contributed by atoms with Gasteiger partial charge in [0.2, 0.25) is 5.78 Å². The maximum absolute atomic E-state index is 13.0. The lowest BCUT2D eigenvalue weighted by atomic mass is 9.81. The molecule has 5 heteroatoms. The van der Waals surface area contributed by atoms with Gasteiger partial charge in [-0.1, -0.05) is 74.5 Å². The molecule has 2 N–H and O–H groups in total. The second-order valence-corrected chi connectivity index (χ2v) is 7.25. The van der Waals surface area contributed by atoms with Crippen molar-refractivity contribution in [3.63, 3.8) is 0 Å². The molecule has 0 fully saturated rings. The van der Waals surface area contributed by atoms with E-state index >= 15 is 0 Å². The summed E-state index contributed by atoms with van der Waals surface area (Å²) in [5.41, 5.74) is 1.45. The quantitative estimate of drug-likeness (QED) is 0.686. The number of cyclic esters (lactones) is 1. The molecule has 2 aromatic carbocycles. The molecule has 5 nitrogen and oxygen atoms in total. The van der Waals surface area contributed by atoms with Gasteiger partial charge in [-0.15, -0.1) is 0 Å². The molecule has 3 rings (SSSR count). The van der Waals surface area contributed by atoms with Gasteiger partial charge in [0.25, 0.3) is 0 Å². The van der Waals surface area contributed by atoms with Crippen LogP contribution < -0.4 is 0 Å². The van der Waals surface area contributed by atoms with Crippen molar-refractivity contribution in [2.45, 2.75) is 44.8 Å². The van der Waals surface area contributed by atoms with Crippen LogP contribution in [-0.4, -0.2) is 28.1 Å². The summed E-state index contributed by atoms with van der Waals surface area (Å²) in [4.78, 5) is 25.8. The van der Waals surface area contributed by atoms with Gasteiger partial charge in [0.05, 0.1) is 11.7 Å². The largest absolute Gasteiger partial charge is 0.504 e. The molecular weight excluding hydrogens is 368 g/mol. The first-order chi connectivity index (χ1) is 14.0. The van der Waals surface area contributed by atoms with Crippen molar-refractivity contribution in [3.8, 4) is 0 Å². The average molecular weight is 394 g/mol. The molecule has 1 aliphatic rings. The third-order valence-corrected chi connectivity index (χ3v) is 5.57. The number of carbonyl (C=O) groups excluding carboxylic acids is 2. The minimum Gasteiger partial charge on any atom is -0.504 e. The lowest BCUT2D eigenvalue weighted by molar-refractivity contribution is -0.161. The highest BCUT2D eigenvalue weighted by molar-refractivity contribution is 6.09. The van der Waals surface area contributed by atoms with Crippen molar-refractivity contribution in [2.24, 2.45) is 5.92 Å². The van der Waals surface area contributed by atoms with Crippen LogP contribution in [0.4, 0.5) is 0 Å². The molecule has 1 aliphatic heterocycles. The lowest BCUT2D eigenvalue weighted by Gasteiger charge is -2.33. The van der Waals surface area contributed by atoms with Crippen molar-refractivity contribution in [2.75, 3.05) is 0 Å². The third kappa shape index (κ3) is 4.10. The first-order valence-corrected chi connectivity index (χ1v) is 9.95. The predicted octanol–water partition coefficient (Wildman–Crippen LogP) is 4.25. The van der Waals surface area contributed by atoms with Gasteiger partial charge >= 0.3 is 5.97 Å². The maximum atomic E-state index is 13.0. The van der Waals surface area contributed by atoms with Crippen molar-refractivity contribution < 1.29 is 24.5 Å². The van der Waals surface area contributed by atoms with E-state index in [1.165, 1.54) is 0 Å². The average Bonchev–Trinajstić information content (AvgIpc) is 2.76. The number of rotatable bonds is 7. The Labute approximate surface area is 170 Å². The summed E-state index contributed by atoms with van der Waals surface area (Å²) < 4.78 is 5.52. The van der Waals surface area contributed by atoms with Crippen LogP contribution in [0.2, 0.25) is 0 Å². The fourth-order valence-corrected chi connectivity index (χ4v) is 3.98. The molecule has 2 aromatic rings. The summed E-state index contributed by atoms with van der Waals surface area (Å²) in [7, 11) is 0. The molecule has 0 radical (unpaired) electrons. The number of hydrogen-bond donors (Lipinski definition) is 2. The highest BCUT2D eigenvalue weighted by atomic mass is 16.6. The fraction of sp³-hybridized carbons (Fsp3) is 0.333. The standard InChI is InChI=1S/C24H26O5/c1-3-17(15-11-7-5-8-12-15)19-21(26)22(27)23(29-24(19)28)18(4-2)20(25)16-13-9-6-10-14-16/h5-14,17-18,20,23,25-26H,3-4H2,1-2H3/t17-,18-,20+,23?/m1/s1. The molecule has 0 aliphatic carbocycles. The molecule has 0 aromatic heterocycles. The molecule has 0 bridgehead atoms. The van der Waals surface area contributed by atoms with E-state index in [0.717, 1.165) is 5.56 Å². The first kappa shape index (κ1) is 20.8. The number of hydrogen-bond acceptors (Lipinski definition) is 5. The van der Waals surface area contributed by atoms with E-state index in [-0.39, 0.29) is 5.57 Å². The number of ketones is 1. The number of esters is 1. The maximum Gasteiger partial charge on any atom is 0.339 e. The van der Waals surface area contributed by atoms with Crippen molar-refractivity contribution in [1.82, 2.24) is 0 Å². The van der Waals surface area contributed by atoms with Crippen molar-refractivity contribution in [3.05, 3.63) is 83.1 Å². The Morgan fingerprint density at radius 1 is 0.897 bits per heavy atom. The number of aliphatic hydroxyl groups is 2. The Bertz CT molecular complexity index is 888. The second-order valence-electron chi connectivity index (χ2n) is 7.25. The van der Waals surface area contributed by atoms with Gasteiger partial charge in [-0.2, -0.15) is 0 Å². The van der Waals surface area contributed by atoms with Crippen LogP contribution in [0.25, 0.3) is 0 Å². The zero-order valence-corrected chi connectivity index (χ0v) is 16.6. The van der Waals surface area contributed by atoms with Crippen LogP contribution in [0, 0.1) is 5.92 Å². The van der Waals surface area contributed by atoms with Crippen molar-refractivity contribution >= 4 is 11.8 Å². The molecule has 29 heavy (non-hydrogen) atoms. The van der Waals surface area contributed by atoms with Gasteiger partial charge in [0.15, 0.2) is 11.9 Å². The highest BCUT2D eigenvalue weighted by Crippen LogP contribution is 2.38. The van der Waals surface area contributed by atoms with Gasteiger partial charge in [0.1, 0.15) is 0 Å². The van der Waals surface area contributed by atoms with E-state index in [2.05, 4.69) is 0 Å². The predicted molar refractivity (Wildman–Crippen MR) is 109 cm³/mol. The van der Waals surface area contributed by atoms with E-state index in [1.54, 1.807) is 24.3 Å². The van der Waals surface area contributed by atoms with Crippen molar-refractivity contribution in [1.29, 1.82) is 0 Å². The number of benzene rings is 2. The van der Waals surface area contributed by atoms with E-state index in [4.69, 9.17) is 4.74 Å². The van der Waals surface area contributed by atoms with E-state index in [0.29, 0.717) is 18.4 Å². The SMILES string of the molecule is CC[C@@H](C1=C(O)C(=O)C([C@H](CC)[C@@H](O)c2ccccc2)OC1=O)c1ccccc1. The second kappa shape index (κ2) is 9.05. The van der Waals surface area contributed by atoms with Crippen LogP contribution in [-0.2, 0) is 14.3 Å². The summed E-state index contributed by atoms with van der Waals surface area (Å²) in [5, 5.41) is 21.5. The Morgan fingerprint density at radius 3 is 1.97 bits per heavy atom. The molecular formula is C24H26O5. The first-order valence-electron chi connectivity index (χ1n) is 9.95. The van der Waals surface area contributed by atoms with Crippen LogP contribution in [0.3, 0.4) is 0 Å². The summed E-state index contributed by atoms with van der Waals surface area (Å²) in [5.74, 6) is -3.01. The van der Waals surface area contributed by atoms with E-state index < -0.39 is 41.6 Å². The Morgan fingerprint density at radius 2 is 1.45 bits per heavy atom. The molecule has 0 amide bonds. The minimum absolute atomic E-state index is 0.0102. The van der Waals surface area contributed by atoms with Crippen LogP contribution >= 0.6 is 0 Å². The molecule has 4 atom stereocenters. The highest BCUT2D eigenvalue weighted by Gasteiger charge is 2.45. The smallest absolute Gasteiger partial charge is 0.339 e. The van der Waals surface area contributed by atoms with Gasteiger partial charge < -0.3 is 14.9 Å². The number of Topliss-reactive ketones (excluding diaryl/α,β-unsaturated/α-hetero) is 1. The molecule has 0 saturated heterocycles. The molecule has 152 valence electrons. The Hall–Kier alpha value is -2.92. The fourth-order valence-electron chi connectivity index (χ4n) is 3.98. The molecule has 0 spiro atoms. The molecule has 1 heterocycles. The monoisotopic (exact) mass is 394 g/mol. The van der Waals surface area contributed by atoms with Crippen LogP contribution in [0.15, 0.2) is 72.0 Å². The van der Waals surface area contributed by atoms with E-state index in [1.807, 2.05) is 50.2 Å². The lowest BCUT2D eigenvalue weighted by Crippen LogP contribution is -2.43. The number of aliphatic hydroxyl groups excluding tert-OH is 2. The Balaban J connectivity index is 1.94. The summed E-state index contributed by atoms with van der Waals surface area (Å²) in [6, 6.07) is 18.2. The molecule has 1 unspecified atom stereocenters. The van der Waals surface area contributed by atoms with Gasteiger partial charge in [-0.3, -0.25) is 4.79 Å². The van der Waals surface area contributed by atoms with E-state index in [9.17, 15) is 19.8 Å². The summed E-state index contributed by atoms with van der Waals surface area (Å²) in [6.07, 6.45) is -1.29. The van der Waals surface area contributed by atoms with Gasteiger partial charge in [-0.25, -0.2) is 4.79 Å². The third-order valence-electron chi connectivity index (χ3n) is 5.57. The summed E-state index contributed by atoms with van der Waals surface area (Å²) in [6.45, 7) is 3.70. The van der Waals surface area contributed by atoms with Crippen LogP contribution in [0.5, 0.6) is 0 Å². The number of carbonyl (C=O) groups is 2. The van der Waals surface area contributed by atoms with Gasteiger partial charge in [-0.05, 0) is 24.0 Å². The zero-order valence-electron chi connectivity index (χ0n) is 16.6. The Kier molecular flexibility index (Phi) is 6.49. The number of ether oxygens (including phenoxy) is 1. The topological polar surface area (TPSA) is 83.8 Å². The minimum atomic E-state index is -1.22. The van der Waals surface area contributed by atoms with Crippen LogP contribution in [0.1, 0.15) is 49.8 Å². The van der Waals surface area contributed by atoms with Gasteiger partial charge in [0, 0.05) is 11.8 Å². The summed E-state index contributed by atoms with van der Waals surface area (Å²) >= 11 is 0. The zero-order chi connectivity index (χ0) is 21.0.